The maximum absolute atomic E-state index is 9.30. The molecule has 2 N–H and O–H groups in total. The highest BCUT2D eigenvalue weighted by Gasteiger charge is 2.05. The topological polar surface area (TPSA) is 41.5 Å². The average Bonchev–Trinajstić information content (AvgIpc) is 2.16. The van der Waals surface area contributed by atoms with Gasteiger partial charge < -0.3 is 15.2 Å². The smallest absolute Gasteiger partial charge is 0.0615 e. The van der Waals surface area contributed by atoms with Crippen molar-refractivity contribution in [2.24, 2.45) is 0 Å². The van der Waals surface area contributed by atoms with E-state index in [1.165, 1.54) is 0 Å². The molecule has 0 saturated carbocycles. The van der Waals surface area contributed by atoms with E-state index in [0.29, 0.717) is 6.04 Å². The number of nitrogens with one attached hydrogen (secondary N) is 1. The Morgan fingerprint density at radius 2 is 2.00 bits per heavy atom. The van der Waals surface area contributed by atoms with Gasteiger partial charge in [-0.25, -0.2) is 0 Å². The zero-order valence-corrected chi connectivity index (χ0v) is 9.05. The summed E-state index contributed by atoms with van der Waals surface area (Å²) in [7, 11) is 1.71. The Bertz CT molecular complexity index is 109. The van der Waals surface area contributed by atoms with Gasteiger partial charge in [-0.05, 0) is 25.8 Å². The van der Waals surface area contributed by atoms with E-state index in [1.807, 2.05) is 6.92 Å². The maximum Gasteiger partial charge on any atom is 0.0615 e. The van der Waals surface area contributed by atoms with E-state index in [4.69, 9.17) is 4.74 Å². The van der Waals surface area contributed by atoms with E-state index in [-0.39, 0.29) is 6.10 Å². The summed E-state index contributed by atoms with van der Waals surface area (Å²) in [6.07, 6.45) is 2.57. The summed E-state index contributed by atoms with van der Waals surface area (Å²) in [6.45, 7) is 5.75. The fraction of sp³-hybridized carbons (Fsp3) is 1.00. The lowest BCUT2D eigenvalue weighted by Gasteiger charge is -2.16. The molecule has 13 heavy (non-hydrogen) atoms. The van der Waals surface area contributed by atoms with E-state index in [9.17, 15) is 5.11 Å². The number of aliphatic hydroxyl groups excluding tert-OH is 1. The minimum atomic E-state index is -0.160. The second kappa shape index (κ2) is 8.48. The lowest BCUT2D eigenvalue weighted by molar-refractivity contribution is 0.144. The van der Waals surface area contributed by atoms with E-state index >= 15 is 0 Å². The van der Waals surface area contributed by atoms with Gasteiger partial charge in [0.2, 0.25) is 0 Å². The van der Waals surface area contributed by atoms with Crippen LogP contribution in [-0.4, -0.2) is 37.5 Å². The molecule has 0 aromatic heterocycles. The quantitative estimate of drug-likeness (QED) is 0.602. The largest absolute Gasteiger partial charge is 0.393 e. The molecule has 2 unspecified atom stereocenters. The molecule has 0 aliphatic rings. The van der Waals surface area contributed by atoms with Crippen molar-refractivity contribution in [3.8, 4) is 0 Å². The predicted molar refractivity (Wildman–Crippen MR) is 54.9 cm³/mol. The van der Waals surface area contributed by atoms with Crippen molar-refractivity contribution >= 4 is 0 Å². The molecule has 0 bridgehead atoms. The van der Waals surface area contributed by atoms with Crippen molar-refractivity contribution in [3.63, 3.8) is 0 Å². The summed E-state index contributed by atoms with van der Waals surface area (Å²) in [6, 6.07) is 0.425. The van der Waals surface area contributed by atoms with E-state index in [1.54, 1.807) is 7.11 Å². The van der Waals surface area contributed by atoms with Crippen LogP contribution in [0.3, 0.4) is 0 Å². The second-order valence-corrected chi connectivity index (χ2v) is 3.37. The van der Waals surface area contributed by atoms with Crippen LogP contribution in [0.1, 0.15) is 33.1 Å². The van der Waals surface area contributed by atoms with Crippen molar-refractivity contribution < 1.29 is 9.84 Å². The molecule has 0 heterocycles. The first-order valence-corrected chi connectivity index (χ1v) is 5.14. The van der Waals surface area contributed by atoms with Gasteiger partial charge in [0.25, 0.3) is 0 Å². The molecule has 2 atom stereocenters. The molecule has 0 aliphatic heterocycles. The van der Waals surface area contributed by atoms with Gasteiger partial charge in [0, 0.05) is 13.2 Å². The Morgan fingerprint density at radius 3 is 2.46 bits per heavy atom. The van der Waals surface area contributed by atoms with Gasteiger partial charge in [0.15, 0.2) is 0 Å². The van der Waals surface area contributed by atoms with Crippen LogP contribution in [0.4, 0.5) is 0 Å². The summed E-state index contributed by atoms with van der Waals surface area (Å²) < 4.78 is 5.05. The van der Waals surface area contributed by atoms with Crippen LogP contribution in [0, 0.1) is 0 Å². The highest BCUT2D eigenvalue weighted by molar-refractivity contribution is 4.65. The van der Waals surface area contributed by atoms with Crippen LogP contribution in [0.25, 0.3) is 0 Å². The van der Waals surface area contributed by atoms with Gasteiger partial charge in [0.1, 0.15) is 0 Å². The van der Waals surface area contributed by atoms with Crippen molar-refractivity contribution in [2.45, 2.75) is 45.3 Å². The normalized spacial score (nSPS) is 15.7. The lowest BCUT2D eigenvalue weighted by Crippen LogP contribution is -2.34. The minimum absolute atomic E-state index is 0.160. The summed E-state index contributed by atoms with van der Waals surface area (Å²) in [5.74, 6) is 0. The first kappa shape index (κ1) is 12.9. The van der Waals surface area contributed by atoms with Crippen molar-refractivity contribution in [1.82, 2.24) is 5.32 Å². The number of aliphatic hydroxyl groups is 1. The third-order valence-corrected chi connectivity index (χ3v) is 2.24. The zero-order chi connectivity index (χ0) is 10.1. The van der Waals surface area contributed by atoms with Gasteiger partial charge in [-0.2, -0.15) is 0 Å². The zero-order valence-electron chi connectivity index (χ0n) is 9.05. The Labute approximate surface area is 81.5 Å². The number of ether oxygens (including phenoxy) is 1. The van der Waals surface area contributed by atoms with Crippen LogP contribution in [0.2, 0.25) is 0 Å². The third-order valence-electron chi connectivity index (χ3n) is 2.24. The molecule has 0 saturated heterocycles. The van der Waals surface area contributed by atoms with Gasteiger partial charge >= 0.3 is 0 Å². The Hall–Kier alpha value is -0.120. The Kier molecular flexibility index (Phi) is 8.40. The molecule has 0 radical (unpaired) electrons. The minimum Gasteiger partial charge on any atom is -0.393 e. The third kappa shape index (κ3) is 6.99. The van der Waals surface area contributed by atoms with E-state index in [2.05, 4.69) is 12.2 Å². The molecule has 3 heteroatoms. The molecule has 0 aromatic carbocycles. The molecule has 0 fully saturated rings. The highest BCUT2D eigenvalue weighted by Crippen LogP contribution is 1.97. The lowest BCUT2D eigenvalue weighted by atomic mass is 10.2. The second-order valence-electron chi connectivity index (χ2n) is 3.37. The van der Waals surface area contributed by atoms with E-state index in [0.717, 1.165) is 32.4 Å². The Balaban J connectivity index is 3.37. The molecule has 0 amide bonds. The van der Waals surface area contributed by atoms with Gasteiger partial charge in [0.05, 0.1) is 12.7 Å². The molecule has 0 aliphatic carbocycles. The fourth-order valence-electron chi connectivity index (χ4n) is 1.18. The van der Waals surface area contributed by atoms with Crippen LogP contribution in [0.15, 0.2) is 0 Å². The van der Waals surface area contributed by atoms with Crippen LogP contribution in [0.5, 0.6) is 0 Å². The molecule has 0 aromatic rings. The molecule has 0 rings (SSSR count). The van der Waals surface area contributed by atoms with Gasteiger partial charge in [-0.3, -0.25) is 0 Å². The number of rotatable bonds is 8. The first-order valence-electron chi connectivity index (χ1n) is 5.14. The van der Waals surface area contributed by atoms with Crippen LogP contribution < -0.4 is 5.32 Å². The molecule has 0 spiro atoms. The summed E-state index contributed by atoms with van der Waals surface area (Å²) in [5, 5.41) is 12.7. The van der Waals surface area contributed by atoms with E-state index < -0.39 is 0 Å². The first-order chi connectivity index (χ1) is 6.24. The number of hydrogen-bond donors (Lipinski definition) is 2. The SMILES string of the molecule is CCC(O)CCNC(CC)COC. The average molecular weight is 189 g/mol. The molecule has 80 valence electrons. The fourth-order valence-corrected chi connectivity index (χ4v) is 1.18. The Morgan fingerprint density at radius 1 is 1.31 bits per heavy atom. The summed E-state index contributed by atoms with van der Waals surface area (Å²) in [4.78, 5) is 0. The van der Waals surface area contributed by atoms with Gasteiger partial charge in [-0.1, -0.05) is 13.8 Å². The predicted octanol–water partition coefficient (Wildman–Crippen LogP) is 1.16. The monoisotopic (exact) mass is 189 g/mol. The van der Waals surface area contributed by atoms with Crippen LogP contribution >= 0.6 is 0 Å². The van der Waals surface area contributed by atoms with Crippen molar-refractivity contribution in [1.29, 1.82) is 0 Å². The number of methoxy groups -OCH3 is 1. The van der Waals surface area contributed by atoms with Crippen molar-refractivity contribution in [2.75, 3.05) is 20.3 Å². The van der Waals surface area contributed by atoms with Gasteiger partial charge in [-0.15, -0.1) is 0 Å². The molecular formula is C10H23NO2. The highest BCUT2D eigenvalue weighted by atomic mass is 16.5. The number of hydrogen-bond acceptors (Lipinski definition) is 3. The molecular weight excluding hydrogens is 166 g/mol. The van der Waals surface area contributed by atoms with Crippen LogP contribution in [-0.2, 0) is 4.74 Å². The maximum atomic E-state index is 9.30. The molecule has 3 nitrogen and oxygen atoms in total. The standard InChI is InChI=1S/C10H23NO2/c1-4-9(8-13-3)11-7-6-10(12)5-2/h9-12H,4-8H2,1-3H3. The van der Waals surface area contributed by atoms with Crippen molar-refractivity contribution in [3.05, 3.63) is 0 Å². The summed E-state index contributed by atoms with van der Waals surface area (Å²) in [5.41, 5.74) is 0. The summed E-state index contributed by atoms with van der Waals surface area (Å²) >= 11 is 0.